The van der Waals surface area contributed by atoms with Crippen LogP contribution in [0.1, 0.15) is 5.69 Å². The molecule has 0 radical (unpaired) electrons. The van der Waals surface area contributed by atoms with Gasteiger partial charge in [0.25, 0.3) is 5.56 Å². The summed E-state index contributed by atoms with van der Waals surface area (Å²) in [6.45, 7) is 0.359. The number of hydrogen-bond acceptors (Lipinski definition) is 4. The Morgan fingerprint density at radius 1 is 1.23 bits per heavy atom. The summed E-state index contributed by atoms with van der Waals surface area (Å²) >= 11 is 3.35. The van der Waals surface area contributed by atoms with Crippen LogP contribution in [-0.2, 0) is 6.54 Å². The summed E-state index contributed by atoms with van der Waals surface area (Å²) < 4.78 is 13.0. The zero-order valence-corrected chi connectivity index (χ0v) is 13.4. The minimum absolute atomic E-state index is 0.0859. The fourth-order valence-electron chi connectivity index (χ4n) is 2.05. The van der Waals surface area contributed by atoms with Crippen LogP contribution in [0.5, 0.6) is 5.75 Å². The summed E-state index contributed by atoms with van der Waals surface area (Å²) in [5.74, 6) is 1.29. The molecule has 6 heteroatoms. The van der Waals surface area contributed by atoms with Crippen LogP contribution in [0.3, 0.4) is 0 Å². The van der Waals surface area contributed by atoms with Crippen LogP contribution in [0, 0.1) is 0 Å². The van der Waals surface area contributed by atoms with Crippen molar-refractivity contribution in [2.24, 2.45) is 0 Å². The highest BCUT2D eigenvalue weighted by Gasteiger charge is 2.08. The summed E-state index contributed by atoms with van der Waals surface area (Å²) in [4.78, 5) is 16.2. The largest absolute Gasteiger partial charge is 0.497 e. The molecular weight excluding hydrogens is 348 g/mol. The van der Waals surface area contributed by atoms with Crippen molar-refractivity contribution in [1.29, 1.82) is 0 Å². The van der Waals surface area contributed by atoms with Crippen LogP contribution in [0.15, 0.2) is 62.5 Å². The standard InChI is InChI=1S/C16H13BrN2O3/c1-21-14-5-2-11(3-6-14)16-18-13(10-22-16)9-19-8-12(17)4-7-15(19)20/h2-8,10H,9H2,1H3. The van der Waals surface area contributed by atoms with E-state index >= 15 is 0 Å². The average Bonchev–Trinajstić information content (AvgIpc) is 2.99. The van der Waals surface area contributed by atoms with Gasteiger partial charge in [-0.25, -0.2) is 4.98 Å². The Morgan fingerprint density at radius 2 is 2.00 bits per heavy atom. The lowest BCUT2D eigenvalue weighted by Gasteiger charge is -2.02. The van der Waals surface area contributed by atoms with Gasteiger partial charge in [-0.2, -0.15) is 0 Å². The second kappa shape index (κ2) is 6.19. The number of hydrogen-bond donors (Lipinski definition) is 0. The molecular formula is C16H13BrN2O3. The fourth-order valence-corrected chi connectivity index (χ4v) is 2.43. The second-order valence-electron chi connectivity index (χ2n) is 4.69. The maximum atomic E-state index is 11.8. The Hall–Kier alpha value is -2.34. The number of methoxy groups -OCH3 is 1. The van der Waals surface area contributed by atoms with Crippen molar-refractivity contribution in [2.75, 3.05) is 7.11 Å². The first-order valence-corrected chi connectivity index (χ1v) is 7.40. The van der Waals surface area contributed by atoms with Crippen LogP contribution in [0.2, 0.25) is 0 Å². The zero-order valence-electron chi connectivity index (χ0n) is 11.8. The summed E-state index contributed by atoms with van der Waals surface area (Å²) in [5, 5.41) is 0. The molecule has 0 saturated carbocycles. The molecule has 112 valence electrons. The molecule has 0 bridgehead atoms. The smallest absolute Gasteiger partial charge is 0.250 e. The number of halogens is 1. The highest BCUT2D eigenvalue weighted by atomic mass is 79.9. The molecule has 3 rings (SSSR count). The van der Waals surface area contributed by atoms with E-state index in [1.807, 2.05) is 24.3 Å². The summed E-state index contributed by atoms with van der Waals surface area (Å²) in [6, 6.07) is 10.7. The lowest BCUT2D eigenvalue weighted by Crippen LogP contribution is -2.18. The van der Waals surface area contributed by atoms with Crippen LogP contribution in [0.4, 0.5) is 0 Å². The number of aromatic nitrogens is 2. The number of benzene rings is 1. The molecule has 0 saturated heterocycles. The van der Waals surface area contributed by atoms with Gasteiger partial charge in [-0.3, -0.25) is 4.79 Å². The van der Waals surface area contributed by atoms with Gasteiger partial charge in [0.15, 0.2) is 0 Å². The maximum absolute atomic E-state index is 11.8. The Bertz CT molecular complexity index is 837. The molecule has 0 atom stereocenters. The van der Waals surface area contributed by atoms with Gasteiger partial charge in [0.1, 0.15) is 12.0 Å². The van der Waals surface area contributed by atoms with Gasteiger partial charge in [-0.05, 0) is 46.3 Å². The molecule has 0 spiro atoms. The van der Waals surface area contributed by atoms with Crippen LogP contribution >= 0.6 is 15.9 Å². The Morgan fingerprint density at radius 3 is 2.73 bits per heavy atom. The molecule has 1 aromatic carbocycles. The average molecular weight is 361 g/mol. The van der Waals surface area contributed by atoms with Crippen molar-refractivity contribution in [3.05, 3.63) is 69.4 Å². The SMILES string of the molecule is COc1ccc(-c2nc(Cn3cc(Br)ccc3=O)co2)cc1. The molecule has 0 fully saturated rings. The maximum Gasteiger partial charge on any atom is 0.250 e. The first kappa shape index (κ1) is 14.6. The summed E-state index contributed by atoms with van der Waals surface area (Å²) in [6.07, 6.45) is 3.29. The molecule has 0 aliphatic rings. The van der Waals surface area contributed by atoms with Crippen molar-refractivity contribution in [1.82, 2.24) is 9.55 Å². The molecule has 22 heavy (non-hydrogen) atoms. The number of rotatable bonds is 4. The molecule has 0 amide bonds. The van der Waals surface area contributed by atoms with E-state index in [1.54, 1.807) is 30.2 Å². The fraction of sp³-hybridized carbons (Fsp3) is 0.125. The third-order valence-corrected chi connectivity index (χ3v) is 3.64. The van der Waals surface area contributed by atoms with E-state index in [1.165, 1.54) is 6.07 Å². The lowest BCUT2D eigenvalue weighted by atomic mass is 10.2. The Labute approximate surface area is 135 Å². The van der Waals surface area contributed by atoms with E-state index in [-0.39, 0.29) is 5.56 Å². The monoisotopic (exact) mass is 360 g/mol. The highest BCUT2D eigenvalue weighted by Crippen LogP contribution is 2.22. The lowest BCUT2D eigenvalue weighted by molar-refractivity contribution is 0.415. The van der Waals surface area contributed by atoms with Gasteiger partial charge < -0.3 is 13.7 Å². The quantitative estimate of drug-likeness (QED) is 0.715. The van der Waals surface area contributed by atoms with Gasteiger partial charge in [0, 0.05) is 22.3 Å². The first-order valence-electron chi connectivity index (χ1n) is 6.60. The van der Waals surface area contributed by atoms with Crippen molar-refractivity contribution in [2.45, 2.75) is 6.54 Å². The van der Waals surface area contributed by atoms with Gasteiger partial charge in [0.2, 0.25) is 5.89 Å². The van der Waals surface area contributed by atoms with E-state index in [0.717, 1.165) is 15.8 Å². The number of oxazole rings is 1. The molecule has 2 aromatic heterocycles. The van der Waals surface area contributed by atoms with E-state index in [4.69, 9.17) is 9.15 Å². The molecule has 0 aliphatic carbocycles. The molecule has 0 aliphatic heterocycles. The molecule has 5 nitrogen and oxygen atoms in total. The second-order valence-corrected chi connectivity index (χ2v) is 5.60. The van der Waals surface area contributed by atoms with Gasteiger partial charge >= 0.3 is 0 Å². The Kier molecular flexibility index (Phi) is 4.11. The van der Waals surface area contributed by atoms with Crippen molar-refractivity contribution < 1.29 is 9.15 Å². The Balaban J connectivity index is 1.84. The van der Waals surface area contributed by atoms with Crippen LogP contribution < -0.4 is 10.3 Å². The van der Waals surface area contributed by atoms with E-state index in [2.05, 4.69) is 20.9 Å². The summed E-state index contributed by atoms with van der Waals surface area (Å²) in [7, 11) is 1.62. The number of pyridine rings is 1. The predicted octanol–water partition coefficient (Wildman–Crippen LogP) is 3.32. The third kappa shape index (κ3) is 3.12. The van der Waals surface area contributed by atoms with Crippen molar-refractivity contribution in [3.63, 3.8) is 0 Å². The number of nitrogens with zero attached hydrogens (tertiary/aromatic N) is 2. The zero-order chi connectivity index (χ0) is 15.5. The van der Waals surface area contributed by atoms with Crippen molar-refractivity contribution >= 4 is 15.9 Å². The first-order chi connectivity index (χ1) is 10.7. The number of ether oxygens (including phenoxy) is 1. The normalized spacial score (nSPS) is 10.6. The van der Waals surface area contributed by atoms with Gasteiger partial charge in [-0.1, -0.05) is 0 Å². The van der Waals surface area contributed by atoms with E-state index < -0.39 is 0 Å². The summed E-state index contributed by atoms with van der Waals surface area (Å²) in [5.41, 5.74) is 1.46. The molecule has 2 heterocycles. The van der Waals surface area contributed by atoms with E-state index in [9.17, 15) is 4.79 Å². The minimum Gasteiger partial charge on any atom is -0.497 e. The minimum atomic E-state index is -0.0859. The van der Waals surface area contributed by atoms with E-state index in [0.29, 0.717) is 18.1 Å². The highest BCUT2D eigenvalue weighted by molar-refractivity contribution is 9.10. The predicted molar refractivity (Wildman–Crippen MR) is 86.0 cm³/mol. The van der Waals surface area contributed by atoms with Gasteiger partial charge in [0.05, 0.1) is 19.3 Å². The molecule has 0 N–H and O–H groups in total. The topological polar surface area (TPSA) is 57.3 Å². The molecule has 3 aromatic rings. The van der Waals surface area contributed by atoms with Crippen LogP contribution in [-0.4, -0.2) is 16.7 Å². The molecule has 0 unspecified atom stereocenters. The van der Waals surface area contributed by atoms with Crippen molar-refractivity contribution in [3.8, 4) is 17.2 Å². The van der Waals surface area contributed by atoms with Gasteiger partial charge in [-0.15, -0.1) is 0 Å². The third-order valence-electron chi connectivity index (χ3n) is 3.17. The van der Waals surface area contributed by atoms with Crippen LogP contribution in [0.25, 0.3) is 11.5 Å².